The third-order valence-corrected chi connectivity index (χ3v) is 8.58. The maximum atomic E-state index is 12.0. The van der Waals surface area contributed by atoms with Crippen molar-refractivity contribution in [2.24, 2.45) is 0 Å². The number of carbonyl (C=O) groups is 2. The van der Waals surface area contributed by atoms with Crippen molar-refractivity contribution in [3.05, 3.63) is 24.3 Å². The van der Waals surface area contributed by atoms with Gasteiger partial charge in [-0.2, -0.15) is 0 Å². The highest BCUT2D eigenvalue weighted by Crippen LogP contribution is 2.11. The Kier molecular flexibility index (Phi) is 36.3. The van der Waals surface area contributed by atoms with Crippen LogP contribution in [0.3, 0.4) is 0 Å². The van der Waals surface area contributed by atoms with Crippen molar-refractivity contribution in [1.82, 2.24) is 10.6 Å². The predicted octanol–water partition coefficient (Wildman–Crippen LogP) is 12.1. The van der Waals surface area contributed by atoms with Gasteiger partial charge in [-0.3, -0.25) is 9.59 Å². The van der Waals surface area contributed by atoms with Crippen molar-refractivity contribution < 1.29 is 9.59 Å². The number of hydrogen-bond acceptors (Lipinski definition) is 2. The summed E-state index contributed by atoms with van der Waals surface area (Å²) >= 11 is 0. The molecule has 0 aromatic heterocycles. The molecule has 258 valence electrons. The number of hydrogen-bond donors (Lipinski definition) is 2. The van der Waals surface area contributed by atoms with E-state index >= 15 is 0 Å². The van der Waals surface area contributed by atoms with Crippen molar-refractivity contribution in [3.8, 4) is 0 Å². The lowest BCUT2D eigenvalue weighted by atomic mass is 10.1. The molecule has 4 heteroatoms. The molecular formula is C40H76N2O2. The molecule has 0 rings (SSSR count). The largest absolute Gasteiger partial charge is 0.356 e. The Hall–Kier alpha value is -1.58. The number of carbonyl (C=O) groups excluding carboxylic acids is 2. The van der Waals surface area contributed by atoms with E-state index in [4.69, 9.17) is 0 Å². The van der Waals surface area contributed by atoms with Crippen LogP contribution in [0.15, 0.2) is 24.3 Å². The third kappa shape index (κ3) is 36.6. The van der Waals surface area contributed by atoms with Crippen LogP contribution in [-0.2, 0) is 9.59 Å². The molecule has 0 bridgehead atoms. The second kappa shape index (κ2) is 37.6. The van der Waals surface area contributed by atoms with E-state index < -0.39 is 0 Å². The molecule has 2 amide bonds. The first kappa shape index (κ1) is 42.4. The fourth-order valence-electron chi connectivity index (χ4n) is 5.59. The maximum absolute atomic E-state index is 12.0. The standard InChI is InChI=1S/C40H76N2O2/c1-3-5-7-9-11-13-15-17-19-21-23-25-27-29-31-35-39(43)41-37-33-34-38-42-40(44)36-32-30-28-26-24-22-20-18-16-14-12-10-8-6-4-2/h17-20H,3-16,21-38H2,1-2H3,(H,41,43)(H,42,44). The molecule has 0 saturated heterocycles. The molecule has 0 unspecified atom stereocenters. The molecule has 0 spiro atoms. The van der Waals surface area contributed by atoms with Crippen LogP contribution >= 0.6 is 0 Å². The maximum Gasteiger partial charge on any atom is 0.219 e. The smallest absolute Gasteiger partial charge is 0.219 e. The van der Waals surface area contributed by atoms with Crippen LogP contribution in [0.2, 0.25) is 0 Å². The van der Waals surface area contributed by atoms with Gasteiger partial charge >= 0.3 is 0 Å². The van der Waals surface area contributed by atoms with Crippen LogP contribution in [0, 0.1) is 0 Å². The van der Waals surface area contributed by atoms with Crippen LogP contribution < -0.4 is 10.6 Å². The molecule has 0 atom stereocenters. The van der Waals surface area contributed by atoms with Crippen LogP contribution in [0.4, 0.5) is 0 Å². The van der Waals surface area contributed by atoms with E-state index in [0.717, 1.165) is 38.5 Å². The van der Waals surface area contributed by atoms with Crippen molar-refractivity contribution in [2.75, 3.05) is 13.1 Å². The average molecular weight is 617 g/mol. The van der Waals surface area contributed by atoms with Gasteiger partial charge in [0, 0.05) is 25.9 Å². The highest BCUT2D eigenvalue weighted by molar-refractivity contribution is 5.76. The number of allylic oxidation sites excluding steroid dienone is 4. The lowest BCUT2D eigenvalue weighted by molar-refractivity contribution is -0.122. The molecule has 0 aliphatic heterocycles. The molecule has 2 N–H and O–H groups in total. The summed E-state index contributed by atoms with van der Waals surface area (Å²) in [7, 11) is 0. The molecule has 0 fully saturated rings. The van der Waals surface area contributed by atoms with Gasteiger partial charge in [0.15, 0.2) is 0 Å². The van der Waals surface area contributed by atoms with Crippen LogP contribution in [0.1, 0.15) is 206 Å². The Morgan fingerprint density at radius 1 is 0.364 bits per heavy atom. The second-order valence-electron chi connectivity index (χ2n) is 13.1. The number of amides is 2. The number of nitrogens with one attached hydrogen (secondary N) is 2. The molecule has 4 nitrogen and oxygen atoms in total. The summed E-state index contributed by atoms with van der Waals surface area (Å²) in [4.78, 5) is 24.1. The monoisotopic (exact) mass is 617 g/mol. The molecule has 0 aliphatic carbocycles. The van der Waals surface area contributed by atoms with Gasteiger partial charge in [0.05, 0.1) is 0 Å². The van der Waals surface area contributed by atoms with Crippen molar-refractivity contribution in [1.29, 1.82) is 0 Å². The zero-order chi connectivity index (χ0) is 32.0. The molecule has 0 aromatic rings. The SMILES string of the molecule is CCCCCCCCC=CCCCCCCCC(=O)NCCCCNC(=O)CCCCCCCC=CCCCCCCCC. The van der Waals surface area contributed by atoms with Gasteiger partial charge in [-0.1, -0.05) is 141 Å². The topological polar surface area (TPSA) is 58.2 Å². The van der Waals surface area contributed by atoms with Crippen LogP contribution in [0.5, 0.6) is 0 Å². The fraction of sp³-hybridized carbons (Fsp3) is 0.850. The summed E-state index contributed by atoms with van der Waals surface area (Å²) in [6.07, 6.45) is 45.8. The zero-order valence-electron chi connectivity index (χ0n) is 29.8. The Morgan fingerprint density at radius 2 is 0.636 bits per heavy atom. The summed E-state index contributed by atoms with van der Waals surface area (Å²) in [5.41, 5.74) is 0. The molecule has 0 radical (unpaired) electrons. The van der Waals surface area contributed by atoms with E-state index in [1.54, 1.807) is 0 Å². The Bertz CT molecular complexity index is 602. The Morgan fingerprint density at radius 3 is 0.955 bits per heavy atom. The Labute approximate surface area is 275 Å². The van der Waals surface area contributed by atoms with E-state index in [1.807, 2.05) is 0 Å². The summed E-state index contributed by atoms with van der Waals surface area (Å²) < 4.78 is 0. The van der Waals surface area contributed by atoms with Crippen LogP contribution in [0.25, 0.3) is 0 Å². The molecule has 0 aromatic carbocycles. The molecule has 0 heterocycles. The van der Waals surface area contributed by atoms with E-state index in [9.17, 15) is 9.59 Å². The molecular weight excluding hydrogens is 540 g/mol. The van der Waals surface area contributed by atoms with Gasteiger partial charge in [-0.15, -0.1) is 0 Å². The van der Waals surface area contributed by atoms with E-state index in [-0.39, 0.29) is 11.8 Å². The number of unbranched alkanes of at least 4 members (excludes halogenated alkanes) is 23. The minimum atomic E-state index is 0.177. The van der Waals surface area contributed by atoms with E-state index in [1.165, 1.54) is 141 Å². The van der Waals surface area contributed by atoms with Gasteiger partial charge in [0.25, 0.3) is 0 Å². The molecule has 0 aliphatic rings. The first-order valence-corrected chi connectivity index (χ1v) is 19.5. The Balaban J connectivity index is 3.32. The van der Waals surface area contributed by atoms with Crippen LogP contribution in [-0.4, -0.2) is 24.9 Å². The van der Waals surface area contributed by atoms with Crippen molar-refractivity contribution in [2.45, 2.75) is 206 Å². The molecule has 0 saturated carbocycles. The summed E-state index contributed by atoms with van der Waals surface area (Å²) in [5, 5.41) is 6.08. The summed E-state index contributed by atoms with van der Waals surface area (Å²) in [5.74, 6) is 0.353. The van der Waals surface area contributed by atoms with Gasteiger partial charge in [0.1, 0.15) is 0 Å². The lowest BCUT2D eigenvalue weighted by Crippen LogP contribution is -2.27. The van der Waals surface area contributed by atoms with E-state index in [2.05, 4.69) is 48.8 Å². The van der Waals surface area contributed by atoms with Crippen molar-refractivity contribution in [3.63, 3.8) is 0 Å². The predicted molar refractivity (Wildman–Crippen MR) is 194 cm³/mol. The lowest BCUT2D eigenvalue weighted by Gasteiger charge is -2.07. The normalized spacial score (nSPS) is 11.6. The average Bonchev–Trinajstić information content (AvgIpc) is 3.02. The first-order chi connectivity index (χ1) is 21.7. The number of rotatable bonds is 35. The second-order valence-corrected chi connectivity index (χ2v) is 13.1. The molecule has 44 heavy (non-hydrogen) atoms. The quantitative estimate of drug-likeness (QED) is 0.0549. The first-order valence-electron chi connectivity index (χ1n) is 19.5. The van der Waals surface area contributed by atoms with Gasteiger partial charge < -0.3 is 10.6 Å². The third-order valence-electron chi connectivity index (χ3n) is 8.58. The highest BCUT2D eigenvalue weighted by Gasteiger charge is 2.02. The van der Waals surface area contributed by atoms with Crippen molar-refractivity contribution >= 4 is 11.8 Å². The summed E-state index contributed by atoms with van der Waals surface area (Å²) in [6, 6.07) is 0. The minimum absolute atomic E-state index is 0.177. The zero-order valence-corrected chi connectivity index (χ0v) is 29.8. The minimum Gasteiger partial charge on any atom is -0.356 e. The summed E-state index contributed by atoms with van der Waals surface area (Å²) in [6.45, 7) is 5.98. The van der Waals surface area contributed by atoms with Gasteiger partial charge in [-0.25, -0.2) is 0 Å². The van der Waals surface area contributed by atoms with Gasteiger partial charge in [-0.05, 0) is 77.0 Å². The fourth-order valence-corrected chi connectivity index (χ4v) is 5.59. The van der Waals surface area contributed by atoms with E-state index in [0.29, 0.717) is 25.9 Å². The van der Waals surface area contributed by atoms with Gasteiger partial charge in [0.2, 0.25) is 11.8 Å². The highest BCUT2D eigenvalue weighted by atomic mass is 16.2.